The maximum absolute atomic E-state index is 11.6. The fraction of sp³-hybridized carbons (Fsp3) is 0.923. The highest BCUT2D eigenvalue weighted by Crippen LogP contribution is 2.19. The van der Waals surface area contributed by atoms with Gasteiger partial charge in [-0.2, -0.15) is 0 Å². The lowest BCUT2D eigenvalue weighted by atomic mass is 9.90. The SMILES string of the molecule is CNC(=O)C(CCCC(C)C)CC(C)C. The van der Waals surface area contributed by atoms with Gasteiger partial charge in [0, 0.05) is 13.0 Å². The summed E-state index contributed by atoms with van der Waals surface area (Å²) in [5, 5.41) is 2.77. The molecule has 0 saturated heterocycles. The molecule has 1 N–H and O–H groups in total. The molecule has 0 aromatic rings. The highest BCUT2D eigenvalue weighted by Gasteiger charge is 2.17. The van der Waals surface area contributed by atoms with E-state index in [0.29, 0.717) is 5.92 Å². The third kappa shape index (κ3) is 7.40. The topological polar surface area (TPSA) is 29.1 Å². The van der Waals surface area contributed by atoms with Crippen LogP contribution in [0.2, 0.25) is 0 Å². The largest absolute Gasteiger partial charge is 0.359 e. The number of carbonyl (C=O) groups excluding carboxylic acids is 1. The Bertz CT molecular complexity index is 175. The minimum Gasteiger partial charge on any atom is -0.359 e. The average Bonchev–Trinajstić information content (AvgIpc) is 2.14. The van der Waals surface area contributed by atoms with Gasteiger partial charge in [-0.05, 0) is 24.7 Å². The standard InChI is InChI=1S/C13H27NO/c1-10(2)7-6-8-12(9-11(3)4)13(15)14-5/h10-12H,6-9H2,1-5H3,(H,14,15). The van der Waals surface area contributed by atoms with Crippen LogP contribution in [0, 0.1) is 17.8 Å². The molecular formula is C13H27NO. The summed E-state index contributed by atoms with van der Waals surface area (Å²) in [7, 11) is 1.73. The zero-order chi connectivity index (χ0) is 11.8. The number of carbonyl (C=O) groups is 1. The Morgan fingerprint density at radius 3 is 2.07 bits per heavy atom. The third-order valence-electron chi connectivity index (χ3n) is 2.71. The predicted octanol–water partition coefficient (Wildman–Crippen LogP) is 3.22. The van der Waals surface area contributed by atoms with Crippen molar-refractivity contribution in [1.82, 2.24) is 5.32 Å². The van der Waals surface area contributed by atoms with Crippen molar-refractivity contribution in [3.8, 4) is 0 Å². The lowest BCUT2D eigenvalue weighted by Crippen LogP contribution is -2.28. The first-order valence-corrected chi connectivity index (χ1v) is 6.19. The van der Waals surface area contributed by atoms with Gasteiger partial charge in [0.25, 0.3) is 0 Å². The molecule has 0 bridgehead atoms. The van der Waals surface area contributed by atoms with Crippen molar-refractivity contribution in [3.63, 3.8) is 0 Å². The lowest BCUT2D eigenvalue weighted by molar-refractivity contribution is -0.125. The Morgan fingerprint density at radius 2 is 1.67 bits per heavy atom. The third-order valence-corrected chi connectivity index (χ3v) is 2.71. The Kier molecular flexibility index (Phi) is 7.45. The van der Waals surface area contributed by atoms with E-state index >= 15 is 0 Å². The molecule has 0 aliphatic heterocycles. The quantitative estimate of drug-likeness (QED) is 0.691. The van der Waals surface area contributed by atoms with Crippen LogP contribution in [0.4, 0.5) is 0 Å². The molecule has 0 aliphatic carbocycles. The van der Waals surface area contributed by atoms with Crippen molar-refractivity contribution in [2.45, 2.75) is 53.4 Å². The van der Waals surface area contributed by atoms with Gasteiger partial charge < -0.3 is 5.32 Å². The second kappa shape index (κ2) is 7.72. The Morgan fingerprint density at radius 1 is 1.07 bits per heavy atom. The van der Waals surface area contributed by atoms with Crippen LogP contribution in [-0.4, -0.2) is 13.0 Å². The Labute approximate surface area is 94.8 Å². The van der Waals surface area contributed by atoms with Gasteiger partial charge in [0.05, 0.1) is 0 Å². The van der Waals surface area contributed by atoms with Crippen LogP contribution in [0.25, 0.3) is 0 Å². The summed E-state index contributed by atoms with van der Waals surface area (Å²) >= 11 is 0. The maximum atomic E-state index is 11.6. The Hall–Kier alpha value is -0.530. The molecule has 90 valence electrons. The van der Waals surface area contributed by atoms with Crippen LogP contribution in [0.1, 0.15) is 53.4 Å². The van der Waals surface area contributed by atoms with Gasteiger partial charge in [0.1, 0.15) is 0 Å². The molecule has 0 saturated carbocycles. The van der Waals surface area contributed by atoms with Crippen LogP contribution < -0.4 is 5.32 Å². The van der Waals surface area contributed by atoms with Crippen molar-refractivity contribution in [3.05, 3.63) is 0 Å². The van der Waals surface area contributed by atoms with E-state index in [9.17, 15) is 4.79 Å². The van der Waals surface area contributed by atoms with E-state index in [0.717, 1.165) is 18.8 Å². The molecular weight excluding hydrogens is 186 g/mol. The van der Waals surface area contributed by atoms with Gasteiger partial charge in [-0.15, -0.1) is 0 Å². The molecule has 1 amide bonds. The molecule has 1 atom stereocenters. The van der Waals surface area contributed by atoms with Crippen LogP contribution in [0.5, 0.6) is 0 Å². The van der Waals surface area contributed by atoms with Gasteiger partial charge in [-0.1, -0.05) is 40.5 Å². The first-order chi connectivity index (χ1) is 6.97. The van der Waals surface area contributed by atoms with E-state index in [-0.39, 0.29) is 11.8 Å². The molecule has 0 aromatic carbocycles. The summed E-state index contributed by atoms with van der Waals surface area (Å²) in [6.07, 6.45) is 4.45. The zero-order valence-electron chi connectivity index (χ0n) is 11.0. The van der Waals surface area contributed by atoms with Gasteiger partial charge in [-0.25, -0.2) is 0 Å². The maximum Gasteiger partial charge on any atom is 0.222 e. The lowest BCUT2D eigenvalue weighted by Gasteiger charge is -2.17. The summed E-state index contributed by atoms with van der Waals surface area (Å²) in [4.78, 5) is 11.6. The van der Waals surface area contributed by atoms with Crippen LogP contribution in [0.3, 0.4) is 0 Å². The van der Waals surface area contributed by atoms with Crippen molar-refractivity contribution < 1.29 is 4.79 Å². The molecule has 2 nitrogen and oxygen atoms in total. The second-order valence-electron chi connectivity index (χ2n) is 5.27. The zero-order valence-corrected chi connectivity index (χ0v) is 11.0. The Balaban J connectivity index is 3.96. The molecule has 15 heavy (non-hydrogen) atoms. The second-order valence-corrected chi connectivity index (χ2v) is 5.27. The van der Waals surface area contributed by atoms with E-state index in [1.165, 1.54) is 12.8 Å². The van der Waals surface area contributed by atoms with Crippen molar-refractivity contribution >= 4 is 5.91 Å². The summed E-state index contributed by atoms with van der Waals surface area (Å²) in [5.41, 5.74) is 0. The van der Waals surface area contributed by atoms with E-state index in [1.807, 2.05) is 0 Å². The predicted molar refractivity (Wildman–Crippen MR) is 65.7 cm³/mol. The molecule has 0 fully saturated rings. The van der Waals surface area contributed by atoms with Crippen LogP contribution >= 0.6 is 0 Å². The van der Waals surface area contributed by atoms with E-state index < -0.39 is 0 Å². The van der Waals surface area contributed by atoms with E-state index in [1.54, 1.807) is 7.05 Å². The summed E-state index contributed by atoms with van der Waals surface area (Å²) in [5.74, 6) is 1.78. The highest BCUT2D eigenvalue weighted by atomic mass is 16.1. The molecule has 0 heterocycles. The average molecular weight is 213 g/mol. The van der Waals surface area contributed by atoms with Gasteiger partial charge in [0.15, 0.2) is 0 Å². The van der Waals surface area contributed by atoms with Gasteiger partial charge in [0.2, 0.25) is 5.91 Å². The molecule has 0 aromatic heterocycles. The minimum absolute atomic E-state index is 0.215. The fourth-order valence-corrected chi connectivity index (χ4v) is 1.90. The summed E-state index contributed by atoms with van der Waals surface area (Å²) in [6, 6.07) is 0. The first-order valence-electron chi connectivity index (χ1n) is 6.19. The molecule has 0 spiro atoms. The minimum atomic E-state index is 0.215. The molecule has 0 radical (unpaired) electrons. The molecule has 2 heteroatoms. The normalized spacial score (nSPS) is 13.3. The smallest absolute Gasteiger partial charge is 0.222 e. The molecule has 1 unspecified atom stereocenters. The number of hydrogen-bond acceptors (Lipinski definition) is 1. The van der Waals surface area contributed by atoms with Gasteiger partial charge in [-0.3, -0.25) is 4.79 Å². The summed E-state index contributed by atoms with van der Waals surface area (Å²) < 4.78 is 0. The van der Waals surface area contributed by atoms with E-state index in [4.69, 9.17) is 0 Å². The first kappa shape index (κ1) is 14.5. The molecule has 0 rings (SSSR count). The van der Waals surface area contributed by atoms with E-state index in [2.05, 4.69) is 33.0 Å². The van der Waals surface area contributed by atoms with Crippen LogP contribution in [-0.2, 0) is 4.79 Å². The number of hydrogen-bond donors (Lipinski definition) is 1. The van der Waals surface area contributed by atoms with Crippen molar-refractivity contribution in [1.29, 1.82) is 0 Å². The number of rotatable bonds is 7. The van der Waals surface area contributed by atoms with Gasteiger partial charge >= 0.3 is 0 Å². The van der Waals surface area contributed by atoms with Crippen molar-refractivity contribution in [2.24, 2.45) is 17.8 Å². The molecule has 0 aliphatic rings. The van der Waals surface area contributed by atoms with Crippen LogP contribution in [0.15, 0.2) is 0 Å². The number of amides is 1. The highest BCUT2D eigenvalue weighted by molar-refractivity contribution is 5.78. The number of nitrogens with one attached hydrogen (secondary N) is 1. The monoisotopic (exact) mass is 213 g/mol. The van der Waals surface area contributed by atoms with Crippen molar-refractivity contribution in [2.75, 3.05) is 7.05 Å². The summed E-state index contributed by atoms with van der Waals surface area (Å²) in [6.45, 7) is 8.82. The fourth-order valence-electron chi connectivity index (χ4n) is 1.90.